The van der Waals surface area contributed by atoms with Crippen LogP contribution in [0.4, 0.5) is 10.8 Å². The molecule has 3 aromatic rings. The van der Waals surface area contributed by atoms with E-state index in [2.05, 4.69) is 25.5 Å². The summed E-state index contributed by atoms with van der Waals surface area (Å²) in [5, 5.41) is 16.4. The molecule has 5 rings (SSSR count). The highest BCUT2D eigenvalue weighted by Gasteiger charge is 2.36. The summed E-state index contributed by atoms with van der Waals surface area (Å²) in [6, 6.07) is 8.49. The average molecular weight is 400 g/mol. The van der Waals surface area contributed by atoms with Gasteiger partial charge in [0.1, 0.15) is 11.6 Å². The second-order valence-electron chi connectivity index (χ2n) is 7.00. The fraction of sp³-hybridized carbons (Fsp3) is 0.421. The molecule has 0 saturated heterocycles. The molecule has 1 N–H and O–H groups in total. The molecule has 0 radical (unpaired) electrons. The van der Waals surface area contributed by atoms with Crippen molar-refractivity contribution in [3.8, 4) is 5.75 Å². The number of nitrogens with zero attached hydrogens (tertiary/aromatic N) is 4. The zero-order valence-electron chi connectivity index (χ0n) is 15.1. The second kappa shape index (κ2) is 7.16. The maximum Gasteiger partial charge on any atom is 0.191 e. The Kier molecular flexibility index (Phi) is 4.53. The van der Waals surface area contributed by atoms with E-state index in [0.29, 0.717) is 12.0 Å². The monoisotopic (exact) mass is 399 g/mol. The Morgan fingerprint density at radius 1 is 1.19 bits per heavy atom. The van der Waals surface area contributed by atoms with E-state index in [0.717, 1.165) is 33.2 Å². The Morgan fingerprint density at radius 2 is 2.00 bits per heavy atom. The third-order valence-electron chi connectivity index (χ3n) is 4.79. The maximum absolute atomic E-state index is 5.19. The van der Waals surface area contributed by atoms with Crippen molar-refractivity contribution >= 4 is 33.9 Å². The molecule has 0 unspecified atom stereocenters. The molecule has 27 heavy (non-hydrogen) atoms. The van der Waals surface area contributed by atoms with Crippen molar-refractivity contribution in [1.29, 1.82) is 0 Å². The smallest absolute Gasteiger partial charge is 0.191 e. The maximum atomic E-state index is 5.19. The number of methoxy groups -OCH3 is 1. The first-order chi connectivity index (χ1) is 13.3. The minimum Gasteiger partial charge on any atom is -0.497 e. The predicted molar refractivity (Wildman–Crippen MR) is 108 cm³/mol. The Bertz CT molecular complexity index is 928. The zero-order valence-corrected chi connectivity index (χ0v) is 16.7. The quantitative estimate of drug-likeness (QED) is 0.538. The number of aromatic nitrogens is 4. The topological polar surface area (TPSA) is 64.9 Å². The zero-order chi connectivity index (χ0) is 18.2. The first-order valence-corrected chi connectivity index (χ1v) is 11.1. The number of hydrogen-bond acceptors (Lipinski definition) is 7. The van der Waals surface area contributed by atoms with Crippen molar-refractivity contribution in [2.45, 2.75) is 48.6 Å². The SMILES string of the molecule is COc1ccc(Nc2nc(CSc3nnc(C4CC4)n3C3CC3)cs2)cc1. The van der Waals surface area contributed by atoms with Crippen LogP contribution >= 0.6 is 23.1 Å². The van der Waals surface area contributed by atoms with Crippen molar-refractivity contribution in [1.82, 2.24) is 19.7 Å². The van der Waals surface area contributed by atoms with Gasteiger partial charge in [-0.25, -0.2) is 4.98 Å². The van der Waals surface area contributed by atoms with Crippen LogP contribution in [0.25, 0.3) is 0 Å². The largest absolute Gasteiger partial charge is 0.497 e. The van der Waals surface area contributed by atoms with Crippen LogP contribution in [0.3, 0.4) is 0 Å². The minimum atomic E-state index is 0.626. The molecular weight excluding hydrogens is 378 g/mol. The molecule has 2 aliphatic carbocycles. The Morgan fingerprint density at radius 3 is 2.70 bits per heavy atom. The van der Waals surface area contributed by atoms with Gasteiger partial charge in [0, 0.05) is 28.8 Å². The van der Waals surface area contributed by atoms with Crippen LogP contribution in [0.2, 0.25) is 0 Å². The van der Waals surface area contributed by atoms with Crippen LogP contribution in [-0.4, -0.2) is 26.9 Å². The van der Waals surface area contributed by atoms with Crippen LogP contribution in [0.1, 0.15) is 49.2 Å². The van der Waals surface area contributed by atoms with E-state index in [1.165, 1.54) is 31.5 Å². The van der Waals surface area contributed by atoms with Crippen LogP contribution in [0, 0.1) is 0 Å². The summed E-state index contributed by atoms with van der Waals surface area (Å²) >= 11 is 3.37. The molecule has 2 fully saturated rings. The number of hydrogen-bond donors (Lipinski definition) is 1. The molecule has 6 nitrogen and oxygen atoms in total. The van der Waals surface area contributed by atoms with E-state index in [9.17, 15) is 0 Å². The number of anilines is 2. The van der Waals surface area contributed by atoms with Crippen molar-refractivity contribution in [3.05, 3.63) is 41.2 Å². The lowest BCUT2D eigenvalue weighted by Crippen LogP contribution is -2.02. The molecule has 0 bridgehead atoms. The molecule has 0 aliphatic heterocycles. The van der Waals surface area contributed by atoms with Gasteiger partial charge < -0.3 is 14.6 Å². The lowest BCUT2D eigenvalue weighted by molar-refractivity contribution is 0.415. The molecule has 1 aromatic carbocycles. The molecule has 2 aliphatic rings. The standard InChI is InChI=1S/C19H21N5OS2/c1-25-16-8-4-13(5-9-16)20-18-21-14(10-26-18)11-27-19-23-22-17(12-2-3-12)24(19)15-6-7-15/h4-5,8-10,12,15H,2-3,6-7,11H2,1H3,(H,20,21). The van der Waals surface area contributed by atoms with Gasteiger partial charge in [0.2, 0.25) is 0 Å². The predicted octanol–water partition coefficient (Wildman–Crippen LogP) is 4.99. The second-order valence-corrected chi connectivity index (χ2v) is 8.80. The number of thiazole rings is 1. The summed E-state index contributed by atoms with van der Waals surface area (Å²) in [4.78, 5) is 4.71. The van der Waals surface area contributed by atoms with E-state index in [1.54, 1.807) is 30.2 Å². The Hall–Kier alpha value is -2.06. The van der Waals surface area contributed by atoms with Gasteiger partial charge in [-0.2, -0.15) is 0 Å². The van der Waals surface area contributed by atoms with Crippen LogP contribution in [0.15, 0.2) is 34.8 Å². The number of thioether (sulfide) groups is 1. The summed E-state index contributed by atoms with van der Waals surface area (Å²) in [6.07, 6.45) is 5.06. The van der Waals surface area contributed by atoms with E-state index >= 15 is 0 Å². The number of rotatable bonds is 8. The van der Waals surface area contributed by atoms with Crippen molar-refractivity contribution < 1.29 is 4.74 Å². The highest BCUT2D eigenvalue weighted by Crippen LogP contribution is 2.46. The van der Waals surface area contributed by atoms with E-state index in [4.69, 9.17) is 9.72 Å². The fourth-order valence-electron chi connectivity index (χ4n) is 3.05. The van der Waals surface area contributed by atoms with Crippen LogP contribution in [-0.2, 0) is 5.75 Å². The molecule has 8 heteroatoms. The molecular formula is C19H21N5OS2. The molecule has 2 saturated carbocycles. The third-order valence-corrected chi connectivity index (χ3v) is 6.57. The first kappa shape index (κ1) is 17.1. The number of nitrogens with one attached hydrogen (secondary N) is 1. The van der Waals surface area contributed by atoms with E-state index in [1.807, 2.05) is 24.3 Å². The van der Waals surface area contributed by atoms with Gasteiger partial charge in [-0.05, 0) is 49.9 Å². The summed E-state index contributed by atoms with van der Waals surface area (Å²) < 4.78 is 7.59. The number of ether oxygens (including phenoxy) is 1. The van der Waals surface area contributed by atoms with Gasteiger partial charge in [0.05, 0.1) is 12.8 Å². The molecule has 0 spiro atoms. The summed E-state index contributed by atoms with van der Waals surface area (Å²) in [6.45, 7) is 0. The first-order valence-electron chi connectivity index (χ1n) is 9.23. The van der Waals surface area contributed by atoms with Gasteiger partial charge in [-0.3, -0.25) is 0 Å². The molecule has 140 valence electrons. The summed E-state index contributed by atoms with van der Waals surface area (Å²) in [5.74, 6) is 3.52. The Balaban J connectivity index is 1.23. The van der Waals surface area contributed by atoms with E-state index in [-0.39, 0.29) is 0 Å². The normalized spacial score (nSPS) is 16.5. The molecule has 2 heterocycles. The van der Waals surface area contributed by atoms with Crippen molar-refractivity contribution in [2.24, 2.45) is 0 Å². The lowest BCUT2D eigenvalue weighted by atomic mass is 10.3. The third kappa shape index (κ3) is 3.82. The summed E-state index contributed by atoms with van der Waals surface area (Å²) in [5.41, 5.74) is 2.08. The van der Waals surface area contributed by atoms with Gasteiger partial charge in [0.25, 0.3) is 0 Å². The molecule has 2 aromatic heterocycles. The average Bonchev–Trinajstić information content (AvgIpc) is 3.63. The van der Waals surface area contributed by atoms with Gasteiger partial charge in [-0.1, -0.05) is 11.8 Å². The fourth-order valence-corrected chi connectivity index (χ4v) is 4.79. The Labute approximate surface area is 166 Å². The van der Waals surface area contributed by atoms with Crippen LogP contribution in [0.5, 0.6) is 5.75 Å². The van der Waals surface area contributed by atoms with E-state index < -0.39 is 0 Å². The molecule has 0 amide bonds. The summed E-state index contributed by atoms with van der Waals surface area (Å²) in [7, 11) is 1.67. The highest BCUT2D eigenvalue weighted by atomic mass is 32.2. The minimum absolute atomic E-state index is 0.626. The lowest BCUT2D eigenvalue weighted by Gasteiger charge is -2.07. The van der Waals surface area contributed by atoms with Crippen molar-refractivity contribution in [3.63, 3.8) is 0 Å². The van der Waals surface area contributed by atoms with Crippen molar-refractivity contribution in [2.75, 3.05) is 12.4 Å². The highest BCUT2D eigenvalue weighted by molar-refractivity contribution is 7.98. The van der Waals surface area contributed by atoms with Crippen LogP contribution < -0.4 is 10.1 Å². The van der Waals surface area contributed by atoms with Gasteiger partial charge in [-0.15, -0.1) is 21.5 Å². The molecule has 0 atom stereocenters. The number of benzene rings is 1. The van der Waals surface area contributed by atoms with Gasteiger partial charge in [0.15, 0.2) is 10.3 Å². The van der Waals surface area contributed by atoms with Gasteiger partial charge >= 0.3 is 0 Å².